The first-order chi connectivity index (χ1) is 10.8. The van der Waals surface area contributed by atoms with Gasteiger partial charge in [0.1, 0.15) is 11.6 Å². The quantitative estimate of drug-likeness (QED) is 0.789. The molecule has 0 radical (unpaired) electrons. The van der Waals surface area contributed by atoms with Gasteiger partial charge in [-0.15, -0.1) is 0 Å². The van der Waals surface area contributed by atoms with Gasteiger partial charge in [-0.1, -0.05) is 12.1 Å². The number of benzene rings is 2. The van der Waals surface area contributed by atoms with Crippen molar-refractivity contribution in [2.45, 2.75) is 0 Å². The molecule has 0 spiro atoms. The zero-order valence-electron chi connectivity index (χ0n) is 12.1. The highest BCUT2D eigenvalue weighted by atomic mass is 19.1. The van der Waals surface area contributed by atoms with Gasteiger partial charge in [0.25, 0.3) is 0 Å². The number of para-hydroxylation sites is 2. The van der Waals surface area contributed by atoms with E-state index in [0.29, 0.717) is 19.0 Å². The Morgan fingerprint density at radius 1 is 1.09 bits per heavy atom. The minimum Gasteiger partial charge on any atom is -0.378 e. The van der Waals surface area contributed by atoms with Crippen LogP contribution in [0.4, 0.5) is 10.1 Å². The van der Waals surface area contributed by atoms with Gasteiger partial charge in [-0.25, -0.2) is 9.37 Å². The summed E-state index contributed by atoms with van der Waals surface area (Å²) in [5.41, 5.74) is 3.62. The van der Waals surface area contributed by atoms with Crippen molar-refractivity contribution in [2.24, 2.45) is 0 Å². The van der Waals surface area contributed by atoms with Gasteiger partial charge in [0.2, 0.25) is 0 Å². The number of fused-ring (bicyclic) bond motifs is 1. The first kappa shape index (κ1) is 13.3. The van der Waals surface area contributed by atoms with E-state index in [1.807, 2.05) is 30.3 Å². The number of aromatic amines is 1. The van der Waals surface area contributed by atoms with E-state index < -0.39 is 0 Å². The van der Waals surface area contributed by atoms with Crippen LogP contribution in [0, 0.1) is 5.82 Å². The number of nitrogens with one attached hydrogen (secondary N) is 1. The fourth-order valence-corrected chi connectivity index (χ4v) is 2.86. The van der Waals surface area contributed by atoms with Gasteiger partial charge >= 0.3 is 0 Å². The number of nitrogens with zero attached hydrogens (tertiary/aromatic N) is 2. The summed E-state index contributed by atoms with van der Waals surface area (Å²) in [6.07, 6.45) is 0. The molecule has 5 heteroatoms. The minimum absolute atomic E-state index is 0.257. The van der Waals surface area contributed by atoms with Crippen molar-refractivity contribution >= 4 is 16.7 Å². The fraction of sp³-hybridized carbons (Fsp3) is 0.235. The number of rotatable bonds is 2. The molecule has 4 rings (SSSR count). The lowest BCUT2D eigenvalue weighted by atomic mass is 10.1. The Balaban J connectivity index is 1.83. The Hall–Kier alpha value is -2.40. The van der Waals surface area contributed by atoms with E-state index in [1.165, 1.54) is 6.07 Å². The zero-order valence-corrected chi connectivity index (χ0v) is 12.1. The van der Waals surface area contributed by atoms with E-state index >= 15 is 0 Å². The topological polar surface area (TPSA) is 41.1 Å². The van der Waals surface area contributed by atoms with E-state index in [9.17, 15) is 4.39 Å². The minimum atomic E-state index is -0.257. The zero-order chi connectivity index (χ0) is 14.9. The second-order valence-corrected chi connectivity index (χ2v) is 5.36. The fourth-order valence-electron chi connectivity index (χ4n) is 2.86. The Morgan fingerprint density at radius 3 is 2.73 bits per heavy atom. The maximum Gasteiger partial charge on any atom is 0.140 e. The summed E-state index contributed by atoms with van der Waals surface area (Å²) in [7, 11) is 0. The van der Waals surface area contributed by atoms with Crippen LogP contribution in [-0.4, -0.2) is 36.3 Å². The highest BCUT2D eigenvalue weighted by Gasteiger charge is 2.18. The van der Waals surface area contributed by atoms with Crippen LogP contribution in [0.5, 0.6) is 0 Å². The molecule has 1 saturated heterocycles. The predicted octanol–water partition coefficient (Wildman–Crippen LogP) is 3.21. The lowest BCUT2D eigenvalue weighted by molar-refractivity contribution is 0.122. The van der Waals surface area contributed by atoms with Crippen LogP contribution in [0.25, 0.3) is 22.4 Å². The molecule has 0 bridgehead atoms. The lowest BCUT2D eigenvalue weighted by Gasteiger charge is -2.30. The Labute approximate surface area is 127 Å². The molecule has 0 amide bonds. The normalized spacial score (nSPS) is 15.4. The van der Waals surface area contributed by atoms with E-state index in [0.717, 1.165) is 35.4 Å². The van der Waals surface area contributed by atoms with Crippen molar-refractivity contribution in [3.63, 3.8) is 0 Å². The van der Waals surface area contributed by atoms with Gasteiger partial charge in [-0.2, -0.15) is 0 Å². The summed E-state index contributed by atoms with van der Waals surface area (Å²) >= 11 is 0. The molecule has 1 aromatic heterocycles. The van der Waals surface area contributed by atoms with Crippen LogP contribution in [-0.2, 0) is 4.74 Å². The number of anilines is 1. The first-order valence-electron chi connectivity index (χ1n) is 7.38. The molecule has 2 aromatic carbocycles. The molecule has 4 nitrogen and oxygen atoms in total. The van der Waals surface area contributed by atoms with E-state index in [2.05, 4.69) is 14.9 Å². The summed E-state index contributed by atoms with van der Waals surface area (Å²) in [5, 5.41) is 0. The van der Waals surface area contributed by atoms with E-state index in [1.54, 1.807) is 6.07 Å². The SMILES string of the molecule is Fc1ccc(N2CCOCC2)c(-c2nc3ccccc3[nH]2)c1. The average molecular weight is 297 g/mol. The van der Waals surface area contributed by atoms with Crippen LogP contribution in [0.1, 0.15) is 0 Å². The molecule has 1 fully saturated rings. The van der Waals surface area contributed by atoms with Gasteiger partial charge in [0.05, 0.1) is 24.2 Å². The second kappa shape index (κ2) is 5.42. The summed E-state index contributed by atoms with van der Waals surface area (Å²) in [5.74, 6) is 0.439. The molecule has 2 heterocycles. The molecule has 1 aliphatic heterocycles. The van der Waals surface area contributed by atoms with E-state index in [-0.39, 0.29) is 5.82 Å². The van der Waals surface area contributed by atoms with Gasteiger partial charge in [-0.3, -0.25) is 0 Å². The third-order valence-corrected chi connectivity index (χ3v) is 3.95. The molecule has 22 heavy (non-hydrogen) atoms. The number of hydrogen-bond acceptors (Lipinski definition) is 3. The molecular formula is C17H16FN3O. The summed E-state index contributed by atoms with van der Waals surface area (Å²) < 4.78 is 19.2. The highest BCUT2D eigenvalue weighted by Crippen LogP contribution is 2.31. The number of halogens is 1. The monoisotopic (exact) mass is 297 g/mol. The molecule has 0 saturated carbocycles. The van der Waals surface area contributed by atoms with Crippen molar-refractivity contribution in [1.29, 1.82) is 0 Å². The number of ether oxygens (including phenoxy) is 1. The van der Waals surface area contributed by atoms with Crippen molar-refractivity contribution in [3.8, 4) is 11.4 Å². The third-order valence-electron chi connectivity index (χ3n) is 3.95. The number of hydrogen-bond donors (Lipinski definition) is 1. The second-order valence-electron chi connectivity index (χ2n) is 5.36. The summed E-state index contributed by atoms with van der Waals surface area (Å²) in [6, 6.07) is 12.7. The highest BCUT2D eigenvalue weighted by molar-refractivity contribution is 5.83. The largest absolute Gasteiger partial charge is 0.378 e. The third kappa shape index (κ3) is 2.33. The number of H-pyrrole nitrogens is 1. The smallest absolute Gasteiger partial charge is 0.140 e. The molecule has 3 aromatic rings. The molecule has 112 valence electrons. The molecule has 0 aliphatic carbocycles. The number of morpholine rings is 1. The first-order valence-corrected chi connectivity index (χ1v) is 7.38. The summed E-state index contributed by atoms with van der Waals surface area (Å²) in [4.78, 5) is 10.1. The average Bonchev–Trinajstić information content (AvgIpc) is 2.99. The lowest BCUT2D eigenvalue weighted by Crippen LogP contribution is -2.36. The summed E-state index contributed by atoms with van der Waals surface area (Å²) in [6.45, 7) is 2.99. The van der Waals surface area contributed by atoms with Gasteiger partial charge in [-0.05, 0) is 30.3 Å². The van der Waals surface area contributed by atoms with Crippen LogP contribution in [0.15, 0.2) is 42.5 Å². The molecule has 0 unspecified atom stereocenters. The molecule has 0 atom stereocenters. The maximum absolute atomic E-state index is 13.8. The maximum atomic E-state index is 13.8. The molecule has 1 N–H and O–H groups in total. The number of imidazole rings is 1. The Kier molecular flexibility index (Phi) is 3.27. The van der Waals surface area contributed by atoms with Crippen LogP contribution in [0.2, 0.25) is 0 Å². The van der Waals surface area contributed by atoms with Crippen molar-refractivity contribution in [2.75, 3.05) is 31.2 Å². The van der Waals surface area contributed by atoms with E-state index in [4.69, 9.17) is 4.74 Å². The number of aromatic nitrogens is 2. The van der Waals surface area contributed by atoms with Crippen LogP contribution in [0.3, 0.4) is 0 Å². The van der Waals surface area contributed by atoms with Crippen LogP contribution >= 0.6 is 0 Å². The van der Waals surface area contributed by atoms with Crippen molar-refractivity contribution < 1.29 is 9.13 Å². The van der Waals surface area contributed by atoms with Gasteiger partial charge in [0, 0.05) is 24.3 Å². The van der Waals surface area contributed by atoms with Crippen molar-refractivity contribution in [3.05, 3.63) is 48.3 Å². The van der Waals surface area contributed by atoms with Gasteiger partial charge < -0.3 is 14.6 Å². The molecule has 1 aliphatic rings. The predicted molar refractivity (Wildman–Crippen MR) is 84.5 cm³/mol. The molecular weight excluding hydrogens is 281 g/mol. The van der Waals surface area contributed by atoms with Crippen LogP contribution < -0.4 is 4.90 Å². The van der Waals surface area contributed by atoms with Crippen molar-refractivity contribution in [1.82, 2.24) is 9.97 Å². The standard InChI is InChI=1S/C17H16FN3O/c18-12-5-6-16(21-7-9-22-10-8-21)13(11-12)17-19-14-3-1-2-4-15(14)20-17/h1-6,11H,7-10H2,(H,19,20). The Morgan fingerprint density at radius 2 is 1.91 bits per heavy atom. The van der Waals surface area contributed by atoms with Gasteiger partial charge in [0.15, 0.2) is 0 Å². The Bertz CT molecular complexity index is 776.